The van der Waals surface area contributed by atoms with Crippen LogP contribution in [0.1, 0.15) is 53.3 Å². The van der Waals surface area contributed by atoms with Crippen LogP contribution in [0.15, 0.2) is 24.3 Å². The summed E-state index contributed by atoms with van der Waals surface area (Å²) in [5.41, 5.74) is 2.80. The number of halogens is 2. The molecule has 0 bridgehead atoms. The van der Waals surface area contributed by atoms with Gasteiger partial charge in [-0.25, -0.2) is 9.37 Å². The summed E-state index contributed by atoms with van der Waals surface area (Å²) in [5, 5.41) is 0. The van der Waals surface area contributed by atoms with Crippen molar-refractivity contribution in [2.24, 2.45) is 0 Å². The number of carbonyl (C=O) groups excluding carboxylic acids is 1. The molecule has 1 atom stereocenters. The number of hydrogen-bond acceptors (Lipinski definition) is 2. The predicted octanol–water partition coefficient (Wildman–Crippen LogP) is 3.84. The standard InChI is InChI=1S/C16H17FN2O.ClH/c1-10-3-2-4-13-16(10)19-15(18-13)9-14(20)11-5-7-12(17)8-6-11;/h5-8,10H,2-4,9H2,1H3,(H,18,19);1H. The van der Waals surface area contributed by atoms with Crippen molar-refractivity contribution in [3.63, 3.8) is 0 Å². The Morgan fingerprint density at radius 2 is 2.10 bits per heavy atom. The molecule has 2 aromatic rings. The molecule has 1 aliphatic carbocycles. The SMILES string of the molecule is CC1CCCc2[nH]c(CC(=O)c3ccc(F)cc3)nc21.Cl. The molecule has 0 spiro atoms. The Labute approximate surface area is 129 Å². The first-order valence-corrected chi connectivity index (χ1v) is 7.00. The van der Waals surface area contributed by atoms with Crippen molar-refractivity contribution in [1.82, 2.24) is 9.97 Å². The van der Waals surface area contributed by atoms with Crippen LogP contribution in [0.4, 0.5) is 4.39 Å². The third-order valence-corrected chi connectivity index (χ3v) is 3.88. The van der Waals surface area contributed by atoms with Gasteiger partial charge in [-0.05, 0) is 43.5 Å². The van der Waals surface area contributed by atoms with Crippen LogP contribution in [0, 0.1) is 5.82 Å². The number of aromatic amines is 1. The molecule has 0 saturated heterocycles. The van der Waals surface area contributed by atoms with E-state index in [9.17, 15) is 9.18 Å². The van der Waals surface area contributed by atoms with Crippen LogP contribution in [0.25, 0.3) is 0 Å². The molecule has 0 fully saturated rings. The number of carbonyl (C=O) groups is 1. The van der Waals surface area contributed by atoms with Gasteiger partial charge in [0.15, 0.2) is 5.78 Å². The summed E-state index contributed by atoms with van der Waals surface area (Å²) < 4.78 is 12.8. The molecule has 0 saturated carbocycles. The molecule has 0 aliphatic heterocycles. The highest BCUT2D eigenvalue weighted by Crippen LogP contribution is 2.29. The van der Waals surface area contributed by atoms with Crippen LogP contribution >= 0.6 is 12.4 Å². The van der Waals surface area contributed by atoms with Gasteiger partial charge in [-0.3, -0.25) is 4.79 Å². The van der Waals surface area contributed by atoms with E-state index in [-0.39, 0.29) is 30.4 Å². The van der Waals surface area contributed by atoms with Crippen LogP contribution in [0.5, 0.6) is 0 Å². The van der Waals surface area contributed by atoms with E-state index in [1.54, 1.807) is 0 Å². The van der Waals surface area contributed by atoms with Crippen LogP contribution in [-0.4, -0.2) is 15.8 Å². The summed E-state index contributed by atoms with van der Waals surface area (Å²) in [4.78, 5) is 20.0. The number of hydrogen-bond donors (Lipinski definition) is 1. The second kappa shape index (κ2) is 6.39. The highest BCUT2D eigenvalue weighted by Gasteiger charge is 2.21. The van der Waals surface area contributed by atoms with Crippen LogP contribution in [-0.2, 0) is 12.8 Å². The van der Waals surface area contributed by atoms with Gasteiger partial charge in [-0.2, -0.15) is 0 Å². The molecule has 21 heavy (non-hydrogen) atoms. The van der Waals surface area contributed by atoms with E-state index >= 15 is 0 Å². The summed E-state index contributed by atoms with van der Waals surface area (Å²) in [6.07, 6.45) is 3.58. The molecule has 3 rings (SSSR count). The van der Waals surface area contributed by atoms with E-state index in [1.165, 1.54) is 36.4 Å². The van der Waals surface area contributed by atoms with E-state index in [4.69, 9.17) is 0 Å². The molecule has 1 heterocycles. The van der Waals surface area contributed by atoms with Crippen LogP contribution in [0.2, 0.25) is 0 Å². The Morgan fingerprint density at radius 3 is 2.76 bits per heavy atom. The van der Waals surface area contributed by atoms with E-state index in [2.05, 4.69) is 16.9 Å². The average molecular weight is 309 g/mol. The number of aromatic nitrogens is 2. The Bertz CT molecular complexity index is 636. The molecule has 0 radical (unpaired) electrons. The molecule has 112 valence electrons. The lowest BCUT2D eigenvalue weighted by molar-refractivity contribution is 0.0991. The smallest absolute Gasteiger partial charge is 0.170 e. The van der Waals surface area contributed by atoms with Crippen molar-refractivity contribution < 1.29 is 9.18 Å². The number of nitrogens with zero attached hydrogens (tertiary/aromatic N) is 1. The summed E-state index contributed by atoms with van der Waals surface area (Å²) >= 11 is 0. The fourth-order valence-corrected chi connectivity index (χ4v) is 2.77. The van der Waals surface area contributed by atoms with Crippen LogP contribution < -0.4 is 0 Å². The number of rotatable bonds is 3. The maximum atomic E-state index is 12.8. The zero-order valence-corrected chi connectivity index (χ0v) is 12.7. The summed E-state index contributed by atoms with van der Waals surface area (Å²) in [6, 6.07) is 5.65. The second-order valence-corrected chi connectivity index (χ2v) is 5.45. The van der Waals surface area contributed by atoms with Crippen molar-refractivity contribution in [2.45, 2.75) is 38.5 Å². The largest absolute Gasteiger partial charge is 0.345 e. The lowest BCUT2D eigenvalue weighted by Gasteiger charge is -2.15. The fraction of sp³-hybridized carbons (Fsp3) is 0.375. The first kappa shape index (κ1) is 15.7. The van der Waals surface area contributed by atoms with E-state index < -0.39 is 0 Å². The van der Waals surface area contributed by atoms with Crippen molar-refractivity contribution in [1.29, 1.82) is 0 Å². The lowest BCUT2D eigenvalue weighted by Crippen LogP contribution is -2.06. The van der Waals surface area contributed by atoms with E-state index in [0.29, 0.717) is 11.5 Å². The second-order valence-electron chi connectivity index (χ2n) is 5.45. The number of fused-ring (bicyclic) bond motifs is 1. The molecule has 5 heteroatoms. The topological polar surface area (TPSA) is 45.8 Å². The number of Topliss-reactive ketones (excluding diaryl/α,β-unsaturated/α-hetero) is 1. The van der Waals surface area contributed by atoms with Crippen LogP contribution in [0.3, 0.4) is 0 Å². The maximum absolute atomic E-state index is 12.8. The number of benzene rings is 1. The van der Waals surface area contributed by atoms with Gasteiger partial charge in [-0.15, -0.1) is 12.4 Å². The minimum Gasteiger partial charge on any atom is -0.345 e. The molecule has 1 unspecified atom stereocenters. The van der Waals surface area contributed by atoms with Crippen molar-refractivity contribution in [3.8, 4) is 0 Å². The molecular formula is C16H18ClFN2O. The van der Waals surface area contributed by atoms with Gasteiger partial charge in [0.25, 0.3) is 0 Å². The highest BCUT2D eigenvalue weighted by atomic mass is 35.5. The number of imidazole rings is 1. The third-order valence-electron chi connectivity index (χ3n) is 3.88. The van der Waals surface area contributed by atoms with Gasteiger partial charge in [-0.1, -0.05) is 6.92 Å². The maximum Gasteiger partial charge on any atom is 0.170 e. The zero-order chi connectivity index (χ0) is 14.1. The quantitative estimate of drug-likeness (QED) is 0.876. The van der Waals surface area contributed by atoms with Gasteiger partial charge >= 0.3 is 0 Å². The highest BCUT2D eigenvalue weighted by molar-refractivity contribution is 5.97. The fourth-order valence-electron chi connectivity index (χ4n) is 2.77. The van der Waals surface area contributed by atoms with Crippen molar-refractivity contribution in [2.75, 3.05) is 0 Å². The predicted molar refractivity (Wildman–Crippen MR) is 81.6 cm³/mol. The van der Waals surface area contributed by atoms with Crippen molar-refractivity contribution >= 4 is 18.2 Å². The Kier molecular flexibility index (Phi) is 4.78. The van der Waals surface area contributed by atoms with Crippen molar-refractivity contribution in [3.05, 3.63) is 52.9 Å². The number of ketones is 1. The molecule has 0 amide bonds. The van der Waals surface area contributed by atoms with Gasteiger partial charge in [0.2, 0.25) is 0 Å². The molecule has 1 N–H and O–H groups in total. The Hall–Kier alpha value is -1.68. The Morgan fingerprint density at radius 1 is 1.38 bits per heavy atom. The normalized spacial score (nSPS) is 17.0. The summed E-state index contributed by atoms with van der Waals surface area (Å²) in [6.45, 7) is 2.17. The first-order valence-electron chi connectivity index (χ1n) is 7.00. The van der Waals surface area contributed by atoms with Gasteiger partial charge in [0.05, 0.1) is 12.1 Å². The third kappa shape index (κ3) is 3.32. The number of H-pyrrole nitrogens is 1. The summed E-state index contributed by atoms with van der Waals surface area (Å²) in [7, 11) is 0. The monoisotopic (exact) mass is 308 g/mol. The van der Waals surface area contributed by atoms with E-state index in [0.717, 1.165) is 24.4 Å². The molecule has 1 aliphatic rings. The van der Waals surface area contributed by atoms with E-state index in [1.807, 2.05) is 0 Å². The zero-order valence-electron chi connectivity index (χ0n) is 11.9. The lowest BCUT2D eigenvalue weighted by atomic mass is 9.92. The van der Waals surface area contributed by atoms with Gasteiger partial charge < -0.3 is 4.98 Å². The minimum atomic E-state index is -0.330. The molecular weight excluding hydrogens is 291 g/mol. The Balaban J connectivity index is 0.00000161. The van der Waals surface area contributed by atoms with Gasteiger partial charge in [0.1, 0.15) is 11.6 Å². The molecule has 1 aromatic heterocycles. The molecule has 1 aromatic carbocycles. The molecule has 3 nitrogen and oxygen atoms in total. The number of aryl methyl sites for hydroxylation is 1. The first-order chi connectivity index (χ1) is 9.63. The van der Waals surface area contributed by atoms with Gasteiger partial charge in [0, 0.05) is 17.2 Å². The average Bonchev–Trinajstić information content (AvgIpc) is 2.83. The summed E-state index contributed by atoms with van der Waals surface area (Å²) in [5.74, 6) is 0.815. The minimum absolute atomic E-state index is 0. The number of nitrogens with one attached hydrogen (secondary N) is 1.